The second-order valence-corrected chi connectivity index (χ2v) is 2.39. The average molecular weight is 280 g/mol. The molecule has 0 aliphatic heterocycles. The summed E-state index contributed by atoms with van der Waals surface area (Å²) >= 11 is 0. The molecule has 0 amide bonds. The monoisotopic (exact) mass is 280 g/mol. The molecule has 1 N–H and O–H groups in total. The minimum Gasteiger partial charge on any atom is -0.401 e. The molecule has 0 aromatic heterocycles. The summed E-state index contributed by atoms with van der Waals surface area (Å²) in [5.41, 5.74) is 2.34. The molecular formula is C13H21NY-2. The Morgan fingerprint density at radius 1 is 1.33 bits per heavy atom. The van der Waals surface area contributed by atoms with Crippen molar-refractivity contribution in [3.05, 3.63) is 49.5 Å². The minimum absolute atomic E-state index is 0. The Morgan fingerprint density at radius 3 is 2.33 bits per heavy atom. The first-order valence-corrected chi connectivity index (χ1v) is 4.65. The van der Waals surface area contributed by atoms with Crippen LogP contribution in [0.1, 0.15) is 26.3 Å². The van der Waals surface area contributed by atoms with Crippen molar-refractivity contribution in [3.8, 4) is 0 Å². The predicted molar refractivity (Wildman–Crippen MR) is 65.8 cm³/mol. The fraction of sp³-hybridized carbons (Fsp3) is 0.308. The zero-order valence-electron chi connectivity index (χ0n) is 10.5. The summed E-state index contributed by atoms with van der Waals surface area (Å²) in [4.78, 5) is 0. The molecule has 0 heterocycles. The van der Waals surface area contributed by atoms with Crippen molar-refractivity contribution in [3.63, 3.8) is 0 Å². The van der Waals surface area contributed by atoms with E-state index in [1.54, 1.807) is 0 Å². The smallest absolute Gasteiger partial charge is 0.00203 e. The van der Waals surface area contributed by atoms with Crippen molar-refractivity contribution in [2.45, 2.75) is 20.8 Å². The van der Waals surface area contributed by atoms with Crippen LogP contribution in [-0.4, -0.2) is 7.05 Å². The van der Waals surface area contributed by atoms with Crippen LogP contribution in [0.15, 0.2) is 30.5 Å². The Bertz CT molecular complexity index is 242. The van der Waals surface area contributed by atoms with Crippen LogP contribution < -0.4 is 5.32 Å². The van der Waals surface area contributed by atoms with Gasteiger partial charge in [-0.3, -0.25) is 0 Å². The molecule has 0 aliphatic carbocycles. The third kappa shape index (κ3) is 8.83. The van der Waals surface area contributed by atoms with Gasteiger partial charge in [0.05, 0.1) is 0 Å². The van der Waals surface area contributed by atoms with Crippen molar-refractivity contribution in [2.75, 3.05) is 7.05 Å². The Labute approximate surface area is 120 Å². The van der Waals surface area contributed by atoms with Gasteiger partial charge in [0, 0.05) is 39.8 Å². The Morgan fingerprint density at radius 2 is 1.93 bits per heavy atom. The van der Waals surface area contributed by atoms with Gasteiger partial charge in [0.1, 0.15) is 0 Å². The molecule has 1 nitrogen and oxygen atoms in total. The van der Waals surface area contributed by atoms with Gasteiger partial charge in [-0.2, -0.15) is 0 Å². The number of allylic oxidation sites excluding steroid dienone is 1. The van der Waals surface area contributed by atoms with Gasteiger partial charge in [-0.25, -0.2) is 0 Å². The number of hydrogen-bond donors (Lipinski definition) is 1. The van der Waals surface area contributed by atoms with Crippen molar-refractivity contribution in [1.82, 2.24) is 5.32 Å². The quantitative estimate of drug-likeness (QED) is 0.817. The molecule has 0 saturated heterocycles. The summed E-state index contributed by atoms with van der Waals surface area (Å²) in [5.74, 6) is 0. The van der Waals surface area contributed by atoms with E-state index in [0.29, 0.717) is 0 Å². The van der Waals surface area contributed by atoms with Crippen molar-refractivity contribution in [2.24, 2.45) is 0 Å². The maximum atomic E-state index is 3.14. The molecule has 0 saturated carbocycles. The Balaban J connectivity index is -0.000000339. The van der Waals surface area contributed by atoms with Crippen LogP contribution in [0, 0.1) is 13.5 Å². The molecule has 1 radical (unpaired) electrons. The molecule has 0 fully saturated rings. The van der Waals surface area contributed by atoms with Crippen LogP contribution in [0.25, 0.3) is 5.57 Å². The van der Waals surface area contributed by atoms with E-state index in [2.05, 4.69) is 18.3 Å². The number of benzene rings is 1. The molecule has 1 aromatic rings. The van der Waals surface area contributed by atoms with Gasteiger partial charge >= 0.3 is 0 Å². The second-order valence-electron chi connectivity index (χ2n) is 2.39. The summed E-state index contributed by atoms with van der Waals surface area (Å²) in [6.07, 6.45) is 1.96. The first kappa shape index (κ1) is 20.3. The fourth-order valence-electron chi connectivity index (χ4n) is 0.933. The number of hydrogen-bond acceptors (Lipinski definition) is 1. The molecule has 15 heavy (non-hydrogen) atoms. The minimum atomic E-state index is 0. The number of nitrogens with one attached hydrogen (secondary N) is 1. The summed E-state index contributed by atoms with van der Waals surface area (Å²) in [5, 5.41) is 2.98. The van der Waals surface area contributed by atoms with Gasteiger partial charge in [0.25, 0.3) is 0 Å². The first-order valence-electron chi connectivity index (χ1n) is 4.65. The zero-order chi connectivity index (χ0) is 10.1. The van der Waals surface area contributed by atoms with Crippen molar-refractivity contribution >= 4 is 5.57 Å². The topological polar surface area (TPSA) is 12.0 Å². The second kappa shape index (κ2) is 13.9. The van der Waals surface area contributed by atoms with Crippen LogP contribution in [0.4, 0.5) is 0 Å². The molecule has 0 spiro atoms. The molecule has 83 valence electrons. The van der Waals surface area contributed by atoms with Crippen LogP contribution in [-0.2, 0) is 32.7 Å². The number of rotatable bonds is 2. The maximum absolute atomic E-state index is 3.14. The van der Waals surface area contributed by atoms with Crippen LogP contribution in [0.2, 0.25) is 0 Å². The molecule has 0 aliphatic rings. The van der Waals surface area contributed by atoms with E-state index < -0.39 is 0 Å². The van der Waals surface area contributed by atoms with Gasteiger partial charge < -0.3 is 12.7 Å². The molecule has 2 heteroatoms. The van der Waals surface area contributed by atoms with E-state index in [1.807, 2.05) is 51.4 Å². The summed E-state index contributed by atoms with van der Waals surface area (Å²) in [6.45, 7) is 6.06. The van der Waals surface area contributed by atoms with E-state index >= 15 is 0 Å². The van der Waals surface area contributed by atoms with E-state index in [1.165, 1.54) is 5.57 Å². The Hall–Kier alpha value is -0.136. The van der Waals surface area contributed by atoms with E-state index in [4.69, 9.17) is 0 Å². The maximum Gasteiger partial charge on any atom is 0.00203 e. The zero-order valence-corrected chi connectivity index (χ0v) is 13.3. The van der Waals surface area contributed by atoms with E-state index in [-0.39, 0.29) is 40.1 Å². The van der Waals surface area contributed by atoms with Gasteiger partial charge in [0.15, 0.2) is 0 Å². The average Bonchev–Trinajstić information content (AvgIpc) is 2.23. The van der Waals surface area contributed by atoms with Gasteiger partial charge in [-0.15, -0.1) is 41.5 Å². The van der Waals surface area contributed by atoms with Crippen LogP contribution >= 0.6 is 0 Å². The van der Waals surface area contributed by atoms with Gasteiger partial charge in [-0.05, 0) is 6.20 Å². The summed E-state index contributed by atoms with van der Waals surface area (Å²) in [7, 11) is 1.90. The van der Waals surface area contributed by atoms with Gasteiger partial charge in [0.2, 0.25) is 0 Å². The largest absolute Gasteiger partial charge is 0.401 e. The van der Waals surface area contributed by atoms with E-state index in [0.717, 1.165) is 5.56 Å². The van der Waals surface area contributed by atoms with Gasteiger partial charge in [-0.1, -0.05) is 20.8 Å². The van der Waals surface area contributed by atoms with Crippen molar-refractivity contribution in [1.29, 1.82) is 0 Å². The van der Waals surface area contributed by atoms with Crippen molar-refractivity contribution < 1.29 is 32.7 Å². The van der Waals surface area contributed by atoms with E-state index in [9.17, 15) is 0 Å². The molecule has 1 rings (SSSR count). The SMILES string of the molecule is CC.CN/C=C(\C)c1[c-]cccc1.[CH3-].[Y]. The predicted octanol–water partition coefficient (Wildman–Crippen LogP) is 3.54. The molecule has 0 bridgehead atoms. The summed E-state index contributed by atoms with van der Waals surface area (Å²) < 4.78 is 0. The third-order valence-electron chi connectivity index (χ3n) is 1.49. The fourth-order valence-corrected chi connectivity index (χ4v) is 0.933. The molecular weight excluding hydrogens is 259 g/mol. The normalized spacial score (nSPS) is 8.67. The molecule has 0 atom stereocenters. The third-order valence-corrected chi connectivity index (χ3v) is 1.49. The van der Waals surface area contributed by atoms with Crippen LogP contribution in [0.3, 0.4) is 0 Å². The molecule has 1 aromatic carbocycles. The first-order chi connectivity index (χ1) is 6.34. The standard InChI is InChI=1S/C10H12N.C2H6.CH3.Y/c1-9(8-11-2)10-6-4-3-5-7-10;1-2;;/h3-6,8,11H,1-2H3;1-2H3;1H3;/q-1;;-1;/b9-8+;;;. The van der Waals surface area contributed by atoms with Crippen LogP contribution in [0.5, 0.6) is 0 Å². The Kier molecular flexibility index (Phi) is 18.8. The summed E-state index contributed by atoms with van der Waals surface area (Å²) in [6, 6.07) is 11.1. The molecule has 0 unspecified atom stereocenters.